The SMILES string of the molecule is CC(NC1CCSC1C)C(=O)NC1CC1. The Morgan fingerprint density at radius 1 is 1.40 bits per heavy atom. The van der Waals surface area contributed by atoms with Crippen molar-refractivity contribution < 1.29 is 4.79 Å². The molecule has 2 aliphatic rings. The lowest BCUT2D eigenvalue weighted by Crippen LogP contribution is -2.48. The number of rotatable bonds is 4. The van der Waals surface area contributed by atoms with Crippen LogP contribution in [0.4, 0.5) is 0 Å². The van der Waals surface area contributed by atoms with Crippen LogP contribution < -0.4 is 10.6 Å². The summed E-state index contributed by atoms with van der Waals surface area (Å²) >= 11 is 1.99. The van der Waals surface area contributed by atoms with E-state index >= 15 is 0 Å². The number of thioether (sulfide) groups is 1. The fraction of sp³-hybridized carbons (Fsp3) is 0.909. The molecule has 0 aromatic carbocycles. The van der Waals surface area contributed by atoms with E-state index in [-0.39, 0.29) is 11.9 Å². The van der Waals surface area contributed by atoms with Gasteiger partial charge in [0.15, 0.2) is 0 Å². The molecule has 0 radical (unpaired) electrons. The molecular formula is C11H20N2OS. The van der Waals surface area contributed by atoms with Crippen molar-refractivity contribution in [2.24, 2.45) is 0 Å². The molecule has 86 valence electrons. The average Bonchev–Trinajstić information content (AvgIpc) is 2.92. The number of carbonyl (C=O) groups is 1. The minimum Gasteiger partial charge on any atom is -0.352 e. The van der Waals surface area contributed by atoms with Crippen LogP contribution in [0.15, 0.2) is 0 Å². The predicted octanol–water partition coefficient (Wildman–Crippen LogP) is 1.14. The summed E-state index contributed by atoms with van der Waals surface area (Å²) in [6, 6.07) is 0.934. The van der Waals surface area contributed by atoms with E-state index in [0.29, 0.717) is 17.3 Å². The molecule has 3 atom stereocenters. The number of hydrogen-bond acceptors (Lipinski definition) is 3. The first kappa shape index (κ1) is 11.3. The van der Waals surface area contributed by atoms with Crippen LogP contribution in [0.3, 0.4) is 0 Å². The van der Waals surface area contributed by atoms with Gasteiger partial charge >= 0.3 is 0 Å². The van der Waals surface area contributed by atoms with Crippen molar-refractivity contribution in [3.05, 3.63) is 0 Å². The zero-order valence-corrected chi connectivity index (χ0v) is 10.3. The van der Waals surface area contributed by atoms with E-state index in [1.54, 1.807) is 0 Å². The fourth-order valence-corrected chi connectivity index (χ4v) is 3.11. The van der Waals surface area contributed by atoms with Gasteiger partial charge in [-0.1, -0.05) is 6.92 Å². The van der Waals surface area contributed by atoms with E-state index in [9.17, 15) is 4.79 Å². The molecule has 3 unspecified atom stereocenters. The lowest BCUT2D eigenvalue weighted by Gasteiger charge is -2.21. The molecule has 2 fully saturated rings. The van der Waals surface area contributed by atoms with Crippen LogP contribution in [-0.4, -0.2) is 35.0 Å². The topological polar surface area (TPSA) is 41.1 Å². The molecule has 0 aromatic heterocycles. The third-order valence-corrected chi connectivity index (χ3v) is 4.48. The highest BCUT2D eigenvalue weighted by Crippen LogP contribution is 2.26. The smallest absolute Gasteiger partial charge is 0.237 e. The van der Waals surface area contributed by atoms with Crippen LogP contribution in [0, 0.1) is 0 Å². The minimum absolute atomic E-state index is 0.0447. The Labute approximate surface area is 95.8 Å². The second-order valence-corrected chi connectivity index (χ2v) is 6.13. The van der Waals surface area contributed by atoms with Gasteiger partial charge in [0, 0.05) is 17.3 Å². The molecule has 2 rings (SSSR count). The van der Waals surface area contributed by atoms with Gasteiger partial charge in [-0.3, -0.25) is 4.79 Å². The lowest BCUT2D eigenvalue weighted by molar-refractivity contribution is -0.123. The molecule has 1 saturated carbocycles. The van der Waals surface area contributed by atoms with Crippen LogP contribution >= 0.6 is 11.8 Å². The van der Waals surface area contributed by atoms with Crippen LogP contribution in [0.25, 0.3) is 0 Å². The molecule has 1 aliphatic carbocycles. The number of nitrogens with one attached hydrogen (secondary N) is 2. The van der Waals surface area contributed by atoms with Crippen molar-refractivity contribution in [1.29, 1.82) is 0 Å². The Hall–Kier alpha value is -0.220. The average molecular weight is 228 g/mol. The molecule has 3 nitrogen and oxygen atoms in total. The summed E-state index contributed by atoms with van der Waals surface area (Å²) < 4.78 is 0. The Balaban J connectivity index is 1.74. The van der Waals surface area contributed by atoms with E-state index in [1.807, 2.05) is 18.7 Å². The van der Waals surface area contributed by atoms with Crippen LogP contribution in [0.1, 0.15) is 33.1 Å². The van der Waals surface area contributed by atoms with Crippen LogP contribution in [-0.2, 0) is 4.79 Å². The number of hydrogen-bond donors (Lipinski definition) is 2. The van der Waals surface area contributed by atoms with Crippen molar-refractivity contribution in [1.82, 2.24) is 10.6 Å². The largest absolute Gasteiger partial charge is 0.352 e. The Morgan fingerprint density at radius 3 is 2.67 bits per heavy atom. The van der Waals surface area contributed by atoms with E-state index in [2.05, 4.69) is 17.6 Å². The molecule has 1 heterocycles. The molecule has 0 bridgehead atoms. The standard InChI is InChI=1S/C11H20N2OS/c1-7(11(14)13-9-3-4-9)12-10-5-6-15-8(10)2/h7-10,12H,3-6H2,1-2H3,(H,13,14). The highest BCUT2D eigenvalue weighted by molar-refractivity contribution is 8.00. The molecular weight excluding hydrogens is 208 g/mol. The van der Waals surface area contributed by atoms with Gasteiger partial charge in [-0.25, -0.2) is 0 Å². The normalized spacial score (nSPS) is 32.7. The molecule has 1 aliphatic heterocycles. The molecule has 1 amide bonds. The third-order valence-electron chi connectivity index (χ3n) is 3.16. The van der Waals surface area contributed by atoms with Crippen LogP contribution in [0.2, 0.25) is 0 Å². The van der Waals surface area contributed by atoms with Gasteiger partial charge in [0.25, 0.3) is 0 Å². The van der Waals surface area contributed by atoms with Crippen molar-refractivity contribution in [2.45, 2.75) is 56.5 Å². The molecule has 1 saturated heterocycles. The summed E-state index contributed by atoms with van der Waals surface area (Å²) in [7, 11) is 0. The Bertz CT molecular complexity index is 243. The predicted molar refractivity (Wildman–Crippen MR) is 64.1 cm³/mol. The van der Waals surface area contributed by atoms with Gasteiger partial charge in [0.05, 0.1) is 6.04 Å². The molecule has 2 N–H and O–H groups in total. The van der Waals surface area contributed by atoms with Crippen LogP contribution in [0.5, 0.6) is 0 Å². The monoisotopic (exact) mass is 228 g/mol. The second kappa shape index (κ2) is 4.74. The molecule has 4 heteroatoms. The first-order valence-electron chi connectivity index (χ1n) is 5.85. The first-order chi connectivity index (χ1) is 7.16. The van der Waals surface area contributed by atoms with E-state index in [0.717, 1.165) is 12.8 Å². The highest BCUT2D eigenvalue weighted by atomic mass is 32.2. The summed E-state index contributed by atoms with van der Waals surface area (Å²) in [5, 5.41) is 7.10. The summed E-state index contributed by atoms with van der Waals surface area (Å²) in [5.74, 6) is 1.39. The third kappa shape index (κ3) is 3.11. The quantitative estimate of drug-likeness (QED) is 0.758. The van der Waals surface area contributed by atoms with Gasteiger partial charge in [-0.15, -0.1) is 0 Å². The van der Waals surface area contributed by atoms with Gasteiger partial charge in [-0.05, 0) is 31.9 Å². The van der Waals surface area contributed by atoms with Gasteiger partial charge in [0.2, 0.25) is 5.91 Å². The van der Waals surface area contributed by atoms with Crippen molar-refractivity contribution in [3.8, 4) is 0 Å². The minimum atomic E-state index is -0.0447. The maximum absolute atomic E-state index is 11.7. The summed E-state index contributed by atoms with van der Waals surface area (Å²) in [4.78, 5) is 11.7. The summed E-state index contributed by atoms with van der Waals surface area (Å²) in [6.07, 6.45) is 3.51. The Kier molecular flexibility index (Phi) is 3.57. The highest BCUT2D eigenvalue weighted by Gasteiger charge is 2.29. The van der Waals surface area contributed by atoms with E-state index < -0.39 is 0 Å². The second-order valence-electron chi connectivity index (χ2n) is 4.64. The maximum Gasteiger partial charge on any atom is 0.237 e. The summed E-state index contributed by atoms with van der Waals surface area (Å²) in [5.41, 5.74) is 0. The van der Waals surface area contributed by atoms with Gasteiger partial charge in [-0.2, -0.15) is 11.8 Å². The van der Waals surface area contributed by atoms with E-state index in [1.165, 1.54) is 12.2 Å². The van der Waals surface area contributed by atoms with Crippen molar-refractivity contribution in [3.63, 3.8) is 0 Å². The zero-order chi connectivity index (χ0) is 10.8. The summed E-state index contributed by atoms with van der Waals surface area (Å²) in [6.45, 7) is 4.20. The maximum atomic E-state index is 11.7. The number of carbonyl (C=O) groups excluding carboxylic acids is 1. The van der Waals surface area contributed by atoms with E-state index in [4.69, 9.17) is 0 Å². The molecule has 0 aromatic rings. The Morgan fingerprint density at radius 2 is 2.13 bits per heavy atom. The zero-order valence-electron chi connectivity index (χ0n) is 9.45. The van der Waals surface area contributed by atoms with Crippen molar-refractivity contribution >= 4 is 17.7 Å². The molecule has 0 spiro atoms. The lowest BCUT2D eigenvalue weighted by atomic mass is 10.1. The van der Waals surface area contributed by atoms with Crippen molar-refractivity contribution in [2.75, 3.05) is 5.75 Å². The number of amides is 1. The molecule has 15 heavy (non-hydrogen) atoms. The first-order valence-corrected chi connectivity index (χ1v) is 6.89. The fourth-order valence-electron chi connectivity index (χ4n) is 1.90. The van der Waals surface area contributed by atoms with Gasteiger partial charge in [0.1, 0.15) is 0 Å². The van der Waals surface area contributed by atoms with Gasteiger partial charge < -0.3 is 10.6 Å².